The topological polar surface area (TPSA) is 57.2 Å². The van der Waals surface area contributed by atoms with Crippen LogP contribution >= 0.6 is 0 Å². The summed E-state index contributed by atoms with van der Waals surface area (Å²) in [5.41, 5.74) is 2.09. The van der Waals surface area contributed by atoms with E-state index in [0.717, 1.165) is 28.9 Å². The smallest absolute Gasteiger partial charge is 0.139 e. The van der Waals surface area contributed by atoms with E-state index in [4.69, 9.17) is 18.9 Å². The van der Waals surface area contributed by atoms with Crippen LogP contribution in [0.25, 0.3) is 0 Å². The Hall–Kier alpha value is -2.41. The molecule has 1 saturated heterocycles. The molecule has 1 aliphatic rings. The average molecular weight is 399 g/mol. The van der Waals surface area contributed by atoms with Gasteiger partial charge >= 0.3 is 0 Å². The summed E-state index contributed by atoms with van der Waals surface area (Å²) in [6.45, 7) is 4.11. The van der Waals surface area contributed by atoms with Crippen molar-refractivity contribution in [3.63, 3.8) is 0 Å². The van der Waals surface area contributed by atoms with Crippen LogP contribution in [-0.4, -0.2) is 56.8 Å². The number of ether oxygens (including phenoxy) is 4. The molecule has 0 aromatic heterocycles. The molecule has 0 amide bonds. The normalized spacial score (nSPS) is 22.2. The van der Waals surface area contributed by atoms with Gasteiger partial charge in [0.15, 0.2) is 0 Å². The third-order valence-corrected chi connectivity index (χ3v) is 5.10. The molecule has 2 aromatic rings. The summed E-state index contributed by atoms with van der Waals surface area (Å²) in [6, 6.07) is 15.3. The molecule has 6 nitrogen and oxygen atoms in total. The highest BCUT2D eigenvalue weighted by atomic mass is 16.5. The van der Waals surface area contributed by atoms with Crippen molar-refractivity contribution in [1.29, 1.82) is 0 Å². The van der Waals surface area contributed by atoms with E-state index in [1.165, 1.54) is 0 Å². The molecule has 0 radical (unpaired) electrons. The van der Waals surface area contributed by atoms with Gasteiger partial charge in [0, 0.05) is 24.7 Å². The van der Waals surface area contributed by atoms with E-state index in [9.17, 15) is 4.79 Å². The molecular formula is C23H29NO5. The van der Waals surface area contributed by atoms with Crippen molar-refractivity contribution in [2.45, 2.75) is 38.3 Å². The van der Waals surface area contributed by atoms with Crippen LogP contribution in [0.4, 0.5) is 0 Å². The molecule has 0 N–H and O–H groups in total. The van der Waals surface area contributed by atoms with Crippen LogP contribution in [0.2, 0.25) is 0 Å². The standard InChI is InChI=1S/C23H29NO5/c1-17-12-24(13-19-9-10-20(26-2)11-22(19)27-3)21(14-25)23(29-17)16-28-15-18-7-5-4-6-8-18/h4-11,14,17,21,23H,12-13,15-16H2,1-3H3. The van der Waals surface area contributed by atoms with Crippen molar-refractivity contribution in [3.8, 4) is 11.5 Å². The Kier molecular flexibility index (Phi) is 7.63. The van der Waals surface area contributed by atoms with Crippen LogP contribution in [0.5, 0.6) is 11.5 Å². The monoisotopic (exact) mass is 399 g/mol. The van der Waals surface area contributed by atoms with Gasteiger partial charge in [0.2, 0.25) is 0 Å². The van der Waals surface area contributed by atoms with Crippen molar-refractivity contribution in [2.24, 2.45) is 0 Å². The molecule has 0 bridgehead atoms. The molecule has 3 rings (SSSR count). The Morgan fingerprint density at radius 3 is 2.62 bits per heavy atom. The van der Waals surface area contributed by atoms with Crippen molar-refractivity contribution >= 4 is 6.29 Å². The zero-order valence-electron chi connectivity index (χ0n) is 17.2. The maximum Gasteiger partial charge on any atom is 0.139 e. The molecule has 0 aliphatic carbocycles. The van der Waals surface area contributed by atoms with Gasteiger partial charge in [0.1, 0.15) is 23.9 Å². The van der Waals surface area contributed by atoms with E-state index in [1.807, 2.05) is 55.5 Å². The third-order valence-electron chi connectivity index (χ3n) is 5.10. The van der Waals surface area contributed by atoms with E-state index in [-0.39, 0.29) is 18.2 Å². The molecule has 1 aliphatic heterocycles. The first-order valence-electron chi connectivity index (χ1n) is 9.82. The Balaban J connectivity index is 1.67. The highest BCUT2D eigenvalue weighted by Crippen LogP contribution is 2.28. The fourth-order valence-electron chi connectivity index (χ4n) is 3.66. The number of benzene rings is 2. The van der Waals surface area contributed by atoms with E-state index in [0.29, 0.717) is 26.3 Å². The number of rotatable bonds is 9. The number of aldehydes is 1. The molecule has 29 heavy (non-hydrogen) atoms. The largest absolute Gasteiger partial charge is 0.497 e. The lowest BCUT2D eigenvalue weighted by molar-refractivity contribution is -0.151. The van der Waals surface area contributed by atoms with Gasteiger partial charge in [0.05, 0.1) is 39.6 Å². The number of morpholine rings is 1. The molecule has 0 spiro atoms. The van der Waals surface area contributed by atoms with E-state index >= 15 is 0 Å². The minimum absolute atomic E-state index is 0.000712. The van der Waals surface area contributed by atoms with Gasteiger partial charge in [-0.15, -0.1) is 0 Å². The molecule has 2 aromatic carbocycles. The number of hydrogen-bond donors (Lipinski definition) is 0. The fraction of sp³-hybridized carbons (Fsp3) is 0.435. The van der Waals surface area contributed by atoms with Gasteiger partial charge in [0.25, 0.3) is 0 Å². The summed E-state index contributed by atoms with van der Waals surface area (Å²) in [5.74, 6) is 1.48. The molecule has 0 saturated carbocycles. The molecule has 3 atom stereocenters. The SMILES string of the molecule is COc1ccc(CN2CC(C)OC(COCc3ccccc3)C2C=O)c(OC)c1. The summed E-state index contributed by atoms with van der Waals surface area (Å²) >= 11 is 0. The summed E-state index contributed by atoms with van der Waals surface area (Å²) in [7, 11) is 3.26. The molecule has 156 valence electrons. The third kappa shape index (κ3) is 5.56. The van der Waals surface area contributed by atoms with Crippen LogP contribution in [0, 0.1) is 0 Å². The Bertz CT molecular complexity index is 782. The number of methoxy groups -OCH3 is 2. The second-order valence-electron chi connectivity index (χ2n) is 7.22. The zero-order chi connectivity index (χ0) is 20.6. The molecular weight excluding hydrogens is 370 g/mol. The number of hydrogen-bond acceptors (Lipinski definition) is 6. The van der Waals surface area contributed by atoms with E-state index in [2.05, 4.69) is 4.90 Å². The van der Waals surface area contributed by atoms with Crippen LogP contribution in [0.15, 0.2) is 48.5 Å². The quantitative estimate of drug-likeness (QED) is 0.604. The zero-order valence-corrected chi connectivity index (χ0v) is 17.2. The second-order valence-corrected chi connectivity index (χ2v) is 7.22. The molecule has 1 fully saturated rings. The number of carbonyl (C=O) groups is 1. The first-order valence-corrected chi connectivity index (χ1v) is 9.82. The lowest BCUT2D eigenvalue weighted by Gasteiger charge is -2.41. The Morgan fingerprint density at radius 1 is 1.14 bits per heavy atom. The van der Waals surface area contributed by atoms with Crippen molar-refractivity contribution in [3.05, 3.63) is 59.7 Å². The van der Waals surface area contributed by atoms with E-state index in [1.54, 1.807) is 14.2 Å². The van der Waals surface area contributed by atoms with Gasteiger partial charge in [-0.2, -0.15) is 0 Å². The highest BCUT2D eigenvalue weighted by Gasteiger charge is 2.35. The van der Waals surface area contributed by atoms with Gasteiger partial charge in [-0.25, -0.2) is 0 Å². The number of carbonyl (C=O) groups excluding carboxylic acids is 1. The van der Waals surface area contributed by atoms with Gasteiger partial charge < -0.3 is 23.7 Å². The Morgan fingerprint density at radius 2 is 1.93 bits per heavy atom. The number of nitrogens with zero attached hydrogens (tertiary/aromatic N) is 1. The molecule has 1 heterocycles. The van der Waals surface area contributed by atoms with Crippen molar-refractivity contribution < 1.29 is 23.7 Å². The molecule has 6 heteroatoms. The van der Waals surface area contributed by atoms with Crippen LogP contribution in [0.3, 0.4) is 0 Å². The maximum atomic E-state index is 11.9. The van der Waals surface area contributed by atoms with Crippen LogP contribution in [-0.2, 0) is 27.4 Å². The van der Waals surface area contributed by atoms with Gasteiger partial charge in [-0.1, -0.05) is 36.4 Å². The van der Waals surface area contributed by atoms with Gasteiger partial charge in [-0.3, -0.25) is 4.90 Å². The summed E-state index contributed by atoms with van der Waals surface area (Å²) in [6.07, 6.45) is 0.642. The predicted octanol–water partition coefficient (Wildman–Crippen LogP) is 3.08. The van der Waals surface area contributed by atoms with Crippen molar-refractivity contribution in [1.82, 2.24) is 4.90 Å². The lowest BCUT2D eigenvalue weighted by atomic mass is 10.0. The Labute approximate surface area is 172 Å². The van der Waals surface area contributed by atoms with Crippen molar-refractivity contribution in [2.75, 3.05) is 27.4 Å². The first kappa shape index (κ1) is 21.3. The minimum atomic E-state index is -0.381. The molecule has 3 unspecified atom stereocenters. The summed E-state index contributed by atoms with van der Waals surface area (Å²) in [4.78, 5) is 14.1. The average Bonchev–Trinajstić information content (AvgIpc) is 2.74. The predicted molar refractivity (Wildman–Crippen MR) is 110 cm³/mol. The summed E-state index contributed by atoms with van der Waals surface area (Å²) < 4.78 is 22.7. The summed E-state index contributed by atoms with van der Waals surface area (Å²) in [5, 5.41) is 0. The van der Waals surface area contributed by atoms with Crippen LogP contribution in [0.1, 0.15) is 18.1 Å². The maximum absolute atomic E-state index is 11.9. The minimum Gasteiger partial charge on any atom is -0.497 e. The lowest BCUT2D eigenvalue weighted by Crippen LogP contribution is -2.56. The second kappa shape index (κ2) is 10.4. The highest BCUT2D eigenvalue weighted by molar-refractivity contribution is 5.59. The first-order chi connectivity index (χ1) is 14.1. The van der Waals surface area contributed by atoms with Gasteiger partial charge in [-0.05, 0) is 18.6 Å². The van der Waals surface area contributed by atoms with E-state index < -0.39 is 0 Å². The van der Waals surface area contributed by atoms with Crippen LogP contribution < -0.4 is 9.47 Å². The fourth-order valence-corrected chi connectivity index (χ4v) is 3.66.